The Kier molecular flexibility index (Phi) is 7.54. The van der Waals surface area contributed by atoms with Crippen molar-refractivity contribution >= 4 is 27.3 Å². The average Bonchev–Trinajstić information content (AvgIpc) is 2.68. The van der Waals surface area contributed by atoms with Gasteiger partial charge < -0.3 is 10.6 Å². The lowest BCUT2D eigenvalue weighted by Gasteiger charge is -2.29. The zero-order valence-electron chi connectivity index (χ0n) is 12.4. The van der Waals surface area contributed by atoms with Gasteiger partial charge in [0.2, 0.25) is 0 Å². The Morgan fingerprint density at radius 2 is 2.05 bits per heavy atom. The third-order valence-corrected chi connectivity index (χ3v) is 5.56. The van der Waals surface area contributed by atoms with Crippen molar-refractivity contribution in [2.24, 2.45) is 5.73 Å². The number of rotatable bonds is 8. The van der Waals surface area contributed by atoms with Crippen molar-refractivity contribution in [3.8, 4) is 0 Å². The first kappa shape index (κ1) is 17.1. The maximum Gasteiger partial charge on any atom is 0.0564 e. The third-order valence-electron chi connectivity index (χ3n) is 3.33. The van der Waals surface area contributed by atoms with Gasteiger partial charge in [0.15, 0.2) is 0 Å². The minimum atomic E-state index is 0.349. The molecule has 1 atom stereocenters. The highest BCUT2D eigenvalue weighted by Crippen LogP contribution is 2.32. The highest BCUT2D eigenvalue weighted by molar-refractivity contribution is 9.10. The maximum atomic E-state index is 6.01. The normalized spacial score (nSPS) is 13.5. The van der Waals surface area contributed by atoms with Gasteiger partial charge in [0.25, 0.3) is 0 Å². The van der Waals surface area contributed by atoms with E-state index in [2.05, 4.69) is 59.7 Å². The summed E-state index contributed by atoms with van der Waals surface area (Å²) in [4.78, 5) is 7.43. The summed E-state index contributed by atoms with van der Waals surface area (Å²) in [6.07, 6.45) is 1.18. The van der Waals surface area contributed by atoms with E-state index in [0.29, 0.717) is 12.6 Å². The Hall–Kier alpha value is 0.0600. The molecule has 1 unspecified atom stereocenters. The fourth-order valence-corrected chi connectivity index (χ4v) is 3.92. The van der Waals surface area contributed by atoms with Gasteiger partial charge in [-0.1, -0.05) is 6.92 Å². The predicted molar refractivity (Wildman–Crippen MR) is 89.0 cm³/mol. The SMILES string of the molecule is CCN(CCCN(C)C)C(CN)c1cc(Br)c(C)s1. The first-order chi connectivity index (χ1) is 8.99. The Balaban J connectivity index is 2.69. The number of hydrogen-bond donors (Lipinski definition) is 1. The molecule has 1 aromatic heterocycles. The van der Waals surface area contributed by atoms with Gasteiger partial charge in [-0.15, -0.1) is 11.3 Å². The number of aryl methyl sites for hydroxylation is 1. The van der Waals surface area contributed by atoms with Crippen LogP contribution in [0.5, 0.6) is 0 Å². The number of likely N-dealkylation sites (N-methyl/N-ethyl adjacent to an activating group) is 1. The van der Waals surface area contributed by atoms with Crippen molar-refractivity contribution in [2.45, 2.75) is 26.3 Å². The van der Waals surface area contributed by atoms with Crippen LogP contribution in [0.2, 0.25) is 0 Å². The average molecular weight is 348 g/mol. The summed E-state index contributed by atoms with van der Waals surface area (Å²) in [6, 6.07) is 2.58. The Bertz CT molecular complexity index is 359. The fourth-order valence-electron chi connectivity index (χ4n) is 2.22. The molecule has 19 heavy (non-hydrogen) atoms. The second-order valence-corrected chi connectivity index (χ2v) is 7.23. The predicted octanol–water partition coefficient (Wildman–Crippen LogP) is 3.09. The van der Waals surface area contributed by atoms with E-state index in [1.807, 2.05) is 11.3 Å². The summed E-state index contributed by atoms with van der Waals surface area (Å²) >= 11 is 5.45. The van der Waals surface area contributed by atoms with E-state index in [4.69, 9.17) is 5.73 Å². The fraction of sp³-hybridized carbons (Fsp3) is 0.714. The molecule has 0 saturated heterocycles. The quantitative estimate of drug-likeness (QED) is 0.784. The summed E-state index contributed by atoms with van der Waals surface area (Å²) < 4.78 is 1.20. The molecular formula is C14H26BrN3S. The molecule has 0 aliphatic rings. The molecule has 0 saturated carbocycles. The summed E-state index contributed by atoms with van der Waals surface area (Å²) in [7, 11) is 4.24. The Labute approximate surface area is 129 Å². The molecule has 0 radical (unpaired) electrons. The molecule has 1 rings (SSSR count). The van der Waals surface area contributed by atoms with E-state index in [0.717, 1.165) is 19.6 Å². The van der Waals surface area contributed by atoms with Crippen molar-refractivity contribution < 1.29 is 0 Å². The molecule has 2 N–H and O–H groups in total. The van der Waals surface area contributed by atoms with E-state index in [1.54, 1.807) is 0 Å². The van der Waals surface area contributed by atoms with Crippen LogP contribution < -0.4 is 5.73 Å². The van der Waals surface area contributed by atoms with Crippen LogP contribution in [0.3, 0.4) is 0 Å². The molecule has 0 amide bonds. The molecule has 0 aliphatic heterocycles. The maximum absolute atomic E-state index is 6.01. The van der Waals surface area contributed by atoms with Gasteiger partial charge >= 0.3 is 0 Å². The van der Waals surface area contributed by atoms with Crippen LogP contribution in [0.4, 0.5) is 0 Å². The van der Waals surface area contributed by atoms with E-state index >= 15 is 0 Å². The molecule has 110 valence electrons. The van der Waals surface area contributed by atoms with Crippen molar-refractivity contribution in [3.05, 3.63) is 20.3 Å². The lowest BCUT2D eigenvalue weighted by atomic mass is 10.2. The van der Waals surface area contributed by atoms with Gasteiger partial charge in [-0.3, -0.25) is 4.90 Å². The highest BCUT2D eigenvalue weighted by atomic mass is 79.9. The molecule has 3 nitrogen and oxygen atoms in total. The van der Waals surface area contributed by atoms with Crippen LogP contribution in [0.15, 0.2) is 10.5 Å². The molecule has 1 heterocycles. The summed E-state index contributed by atoms with van der Waals surface area (Å²) in [5.74, 6) is 0. The molecule has 0 aromatic carbocycles. The number of thiophene rings is 1. The zero-order chi connectivity index (χ0) is 14.4. The number of nitrogens with zero attached hydrogens (tertiary/aromatic N) is 2. The van der Waals surface area contributed by atoms with Gasteiger partial charge in [-0.2, -0.15) is 0 Å². The standard InChI is InChI=1S/C14H26BrN3S/c1-5-18(8-6-7-17(3)4)13(10-16)14-9-12(15)11(2)19-14/h9,13H,5-8,10,16H2,1-4H3. The Morgan fingerprint density at radius 1 is 1.37 bits per heavy atom. The first-order valence-corrected chi connectivity index (χ1v) is 8.45. The molecule has 0 spiro atoms. The second-order valence-electron chi connectivity index (χ2n) is 5.09. The van der Waals surface area contributed by atoms with Crippen LogP contribution in [0.25, 0.3) is 0 Å². The molecule has 1 aromatic rings. The minimum Gasteiger partial charge on any atom is -0.329 e. The van der Waals surface area contributed by atoms with Gasteiger partial charge in [0.05, 0.1) is 6.04 Å². The van der Waals surface area contributed by atoms with Crippen LogP contribution in [-0.4, -0.2) is 50.1 Å². The number of nitrogens with two attached hydrogens (primary N) is 1. The largest absolute Gasteiger partial charge is 0.329 e. The van der Waals surface area contributed by atoms with Gasteiger partial charge in [0, 0.05) is 27.3 Å². The van der Waals surface area contributed by atoms with Crippen molar-refractivity contribution in [3.63, 3.8) is 0 Å². The van der Waals surface area contributed by atoms with E-state index < -0.39 is 0 Å². The summed E-state index contributed by atoms with van der Waals surface area (Å²) in [5.41, 5.74) is 6.01. The van der Waals surface area contributed by atoms with Gasteiger partial charge in [0.1, 0.15) is 0 Å². The van der Waals surface area contributed by atoms with E-state index in [9.17, 15) is 0 Å². The topological polar surface area (TPSA) is 32.5 Å². The van der Waals surface area contributed by atoms with Gasteiger partial charge in [-0.25, -0.2) is 0 Å². The molecule has 0 fully saturated rings. The number of hydrogen-bond acceptors (Lipinski definition) is 4. The van der Waals surface area contributed by atoms with Crippen LogP contribution in [0, 0.1) is 6.92 Å². The van der Waals surface area contributed by atoms with Crippen LogP contribution in [0.1, 0.15) is 29.1 Å². The number of halogens is 1. The Morgan fingerprint density at radius 3 is 2.47 bits per heavy atom. The smallest absolute Gasteiger partial charge is 0.0564 e. The van der Waals surface area contributed by atoms with E-state index in [1.165, 1.54) is 20.6 Å². The molecular weight excluding hydrogens is 322 g/mol. The zero-order valence-corrected chi connectivity index (χ0v) is 14.9. The van der Waals surface area contributed by atoms with Crippen molar-refractivity contribution in [2.75, 3.05) is 40.3 Å². The lowest BCUT2D eigenvalue weighted by molar-refractivity contribution is 0.204. The van der Waals surface area contributed by atoms with Crippen LogP contribution in [-0.2, 0) is 0 Å². The lowest BCUT2D eigenvalue weighted by Crippen LogP contribution is -2.35. The second kappa shape index (κ2) is 8.37. The van der Waals surface area contributed by atoms with Gasteiger partial charge in [-0.05, 0) is 62.5 Å². The first-order valence-electron chi connectivity index (χ1n) is 6.84. The summed E-state index contributed by atoms with van der Waals surface area (Å²) in [6.45, 7) is 8.32. The minimum absolute atomic E-state index is 0.349. The third kappa shape index (κ3) is 5.16. The molecule has 5 heteroatoms. The summed E-state index contributed by atoms with van der Waals surface area (Å²) in [5, 5.41) is 0. The van der Waals surface area contributed by atoms with Crippen LogP contribution >= 0.6 is 27.3 Å². The molecule has 0 bridgehead atoms. The monoisotopic (exact) mass is 347 g/mol. The van der Waals surface area contributed by atoms with Crippen molar-refractivity contribution in [1.29, 1.82) is 0 Å². The molecule has 0 aliphatic carbocycles. The van der Waals surface area contributed by atoms with E-state index in [-0.39, 0.29) is 0 Å². The van der Waals surface area contributed by atoms with Crippen molar-refractivity contribution in [1.82, 2.24) is 9.80 Å². The highest BCUT2D eigenvalue weighted by Gasteiger charge is 2.20.